The van der Waals surface area contributed by atoms with Crippen LogP contribution in [0.3, 0.4) is 0 Å². The molecule has 0 fully saturated rings. The highest BCUT2D eigenvalue weighted by molar-refractivity contribution is 6.30. The summed E-state index contributed by atoms with van der Waals surface area (Å²) in [4.78, 5) is 3.99. The van der Waals surface area contributed by atoms with E-state index < -0.39 is 5.82 Å². The topological polar surface area (TPSA) is 31.4 Å². The second kappa shape index (κ2) is 8.01. The molecule has 2 rings (SSSR count). The van der Waals surface area contributed by atoms with E-state index in [0.29, 0.717) is 33.8 Å². The summed E-state index contributed by atoms with van der Waals surface area (Å²) in [6.45, 7) is 2.39. The molecule has 116 valence electrons. The van der Waals surface area contributed by atoms with Gasteiger partial charge in [-0.25, -0.2) is 9.37 Å². The van der Waals surface area contributed by atoms with Crippen LogP contribution in [0.15, 0.2) is 36.6 Å². The number of halogens is 3. The lowest BCUT2D eigenvalue weighted by Gasteiger charge is -2.10. The Hall–Kier alpha value is -1.78. The van der Waals surface area contributed by atoms with Gasteiger partial charge < -0.3 is 9.47 Å². The maximum absolute atomic E-state index is 14.1. The predicted octanol–water partition coefficient (Wildman–Crippen LogP) is 5.11. The lowest BCUT2D eigenvalue weighted by molar-refractivity contribution is 0.271. The summed E-state index contributed by atoms with van der Waals surface area (Å²) in [5.74, 6) is -0.132. The predicted molar refractivity (Wildman–Crippen MR) is 85.6 cm³/mol. The molecule has 0 radical (unpaired) electrons. The third-order valence-electron chi connectivity index (χ3n) is 2.76. The first-order valence-electron chi connectivity index (χ1n) is 6.61. The molecular weight excluding hydrogens is 328 g/mol. The van der Waals surface area contributed by atoms with E-state index in [0.717, 1.165) is 0 Å². The highest BCUT2D eigenvalue weighted by Gasteiger charge is 2.10. The molecule has 0 bridgehead atoms. The number of rotatable bonds is 6. The minimum atomic E-state index is -0.453. The van der Waals surface area contributed by atoms with Crippen molar-refractivity contribution in [3.05, 3.63) is 63.7 Å². The second-order valence-electron chi connectivity index (χ2n) is 4.30. The smallest absolute Gasteiger partial charge is 0.214 e. The Bertz CT molecular complexity index is 677. The maximum Gasteiger partial charge on any atom is 0.214 e. The van der Waals surface area contributed by atoms with Crippen molar-refractivity contribution in [1.29, 1.82) is 0 Å². The summed E-state index contributed by atoms with van der Waals surface area (Å²) >= 11 is 11.7. The van der Waals surface area contributed by atoms with Gasteiger partial charge in [0.25, 0.3) is 0 Å². The Morgan fingerprint density at radius 1 is 1.27 bits per heavy atom. The van der Waals surface area contributed by atoms with E-state index in [4.69, 9.17) is 32.7 Å². The van der Waals surface area contributed by atoms with Crippen molar-refractivity contribution >= 4 is 29.3 Å². The van der Waals surface area contributed by atoms with Crippen molar-refractivity contribution in [3.8, 4) is 5.88 Å². The minimum Gasteiger partial charge on any atom is -0.501 e. The average molecular weight is 342 g/mol. The Labute approximate surface area is 138 Å². The molecule has 0 saturated heterocycles. The summed E-state index contributed by atoms with van der Waals surface area (Å²) in [6.07, 6.45) is 3.13. The molecule has 0 aliphatic heterocycles. The van der Waals surface area contributed by atoms with Gasteiger partial charge in [0.1, 0.15) is 17.6 Å². The van der Waals surface area contributed by atoms with Crippen molar-refractivity contribution < 1.29 is 13.9 Å². The largest absolute Gasteiger partial charge is 0.501 e. The number of hydrogen-bond donors (Lipinski definition) is 0. The van der Waals surface area contributed by atoms with Crippen LogP contribution in [-0.2, 0) is 11.3 Å². The third-order valence-corrected chi connectivity index (χ3v) is 3.19. The molecule has 0 aliphatic carbocycles. The van der Waals surface area contributed by atoms with E-state index >= 15 is 0 Å². The molecule has 1 heterocycles. The number of nitrogens with zero attached hydrogens (tertiary/aromatic N) is 1. The lowest BCUT2D eigenvalue weighted by atomic mass is 10.1. The molecule has 3 nitrogen and oxygen atoms in total. The first-order valence-corrected chi connectivity index (χ1v) is 7.37. The number of pyridine rings is 1. The van der Waals surface area contributed by atoms with Crippen molar-refractivity contribution in [2.75, 3.05) is 6.61 Å². The molecule has 1 aromatic heterocycles. The Morgan fingerprint density at radius 2 is 2.09 bits per heavy atom. The zero-order valence-electron chi connectivity index (χ0n) is 11.9. The van der Waals surface area contributed by atoms with Crippen molar-refractivity contribution in [1.82, 2.24) is 4.98 Å². The van der Waals surface area contributed by atoms with Crippen LogP contribution >= 0.6 is 23.2 Å². The van der Waals surface area contributed by atoms with Gasteiger partial charge in [-0.15, -0.1) is 0 Å². The molecule has 2 aromatic rings. The Balaban J connectivity index is 2.21. The van der Waals surface area contributed by atoms with Gasteiger partial charge in [-0.3, -0.25) is 0 Å². The average Bonchev–Trinajstić information content (AvgIpc) is 2.46. The van der Waals surface area contributed by atoms with Crippen LogP contribution in [0, 0.1) is 5.82 Å². The zero-order chi connectivity index (χ0) is 15.9. The van der Waals surface area contributed by atoms with Crippen LogP contribution in [0.4, 0.5) is 4.39 Å². The van der Waals surface area contributed by atoms with Crippen molar-refractivity contribution in [2.45, 2.75) is 13.5 Å². The number of benzene rings is 1. The molecule has 0 unspecified atom stereocenters. The van der Waals surface area contributed by atoms with E-state index in [9.17, 15) is 4.39 Å². The zero-order valence-corrected chi connectivity index (χ0v) is 13.4. The van der Waals surface area contributed by atoms with Gasteiger partial charge in [-0.2, -0.15) is 0 Å². The molecule has 6 heteroatoms. The fourth-order valence-corrected chi connectivity index (χ4v) is 2.13. The fourth-order valence-electron chi connectivity index (χ4n) is 1.76. The molecule has 0 N–H and O–H groups in total. The molecule has 0 aliphatic rings. The van der Waals surface area contributed by atoms with Gasteiger partial charge in [0.05, 0.1) is 12.9 Å². The SMILES string of the molecule is CCO/C=C/c1cc(Cl)cc(F)c1COc1cccc(Cl)n1. The van der Waals surface area contributed by atoms with Crippen LogP contribution < -0.4 is 4.74 Å². The number of ether oxygens (including phenoxy) is 2. The van der Waals surface area contributed by atoms with Gasteiger partial charge in [-0.05, 0) is 36.8 Å². The van der Waals surface area contributed by atoms with Crippen LogP contribution in [0.1, 0.15) is 18.1 Å². The van der Waals surface area contributed by atoms with E-state index in [2.05, 4.69) is 4.98 Å². The standard InChI is InChI=1S/C16H14Cl2FNO2/c1-2-21-7-6-11-8-12(17)9-14(19)13(11)10-22-16-5-3-4-15(18)20-16/h3-9H,2,10H2,1H3/b7-6+. The minimum absolute atomic E-state index is 0.00213. The monoisotopic (exact) mass is 341 g/mol. The van der Waals surface area contributed by atoms with E-state index in [1.54, 1.807) is 30.3 Å². The molecule has 22 heavy (non-hydrogen) atoms. The van der Waals surface area contributed by atoms with Gasteiger partial charge >= 0.3 is 0 Å². The normalized spacial score (nSPS) is 10.9. The first-order chi connectivity index (χ1) is 10.6. The van der Waals surface area contributed by atoms with Crippen molar-refractivity contribution in [3.63, 3.8) is 0 Å². The van der Waals surface area contributed by atoms with Gasteiger partial charge in [-0.1, -0.05) is 29.3 Å². The highest BCUT2D eigenvalue weighted by Crippen LogP contribution is 2.23. The highest BCUT2D eigenvalue weighted by atomic mass is 35.5. The lowest BCUT2D eigenvalue weighted by Crippen LogP contribution is -2.02. The quantitative estimate of drug-likeness (QED) is 0.540. The van der Waals surface area contributed by atoms with Gasteiger partial charge in [0.15, 0.2) is 0 Å². The summed E-state index contributed by atoms with van der Waals surface area (Å²) in [7, 11) is 0. The Kier molecular flexibility index (Phi) is 6.04. The summed E-state index contributed by atoms with van der Waals surface area (Å²) in [5.41, 5.74) is 0.947. The molecule has 0 saturated carbocycles. The van der Waals surface area contributed by atoms with E-state index in [-0.39, 0.29) is 6.61 Å². The number of aromatic nitrogens is 1. The number of hydrogen-bond acceptors (Lipinski definition) is 3. The van der Waals surface area contributed by atoms with E-state index in [1.807, 2.05) is 6.92 Å². The molecule has 0 amide bonds. The maximum atomic E-state index is 14.1. The first kappa shape index (κ1) is 16.6. The molecule has 0 spiro atoms. The van der Waals surface area contributed by atoms with Crippen LogP contribution in [0.5, 0.6) is 5.88 Å². The van der Waals surface area contributed by atoms with Crippen LogP contribution in [0.25, 0.3) is 6.08 Å². The van der Waals surface area contributed by atoms with E-state index in [1.165, 1.54) is 12.3 Å². The molecular formula is C16H14Cl2FNO2. The third kappa shape index (κ3) is 4.61. The Morgan fingerprint density at radius 3 is 2.82 bits per heavy atom. The molecule has 1 aromatic carbocycles. The fraction of sp³-hybridized carbons (Fsp3) is 0.188. The second-order valence-corrected chi connectivity index (χ2v) is 5.12. The van der Waals surface area contributed by atoms with Crippen molar-refractivity contribution in [2.24, 2.45) is 0 Å². The van der Waals surface area contributed by atoms with Crippen LogP contribution in [0.2, 0.25) is 10.2 Å². The van der Waals surface area contributed by atoms with Gasteiger partial charge in [0, 0.05) is 16.7 Å². The summed E-state index contributed by atoms with van der Waals surface area (Å²) < 4.78 is 24.7. The van der Waals surface area contributed by atoms with Crippen LogP contribution in [-0.4, -0.2) is 11.6 Å². The summed E-state index contributed by atoms with van der Waals surface area (Å²) in [6, 6.07) is 7.87. The summed E-state index contributed by atoms with van der Waals surface area (Å²) in [5, 5.41) is 0.615. The van der Waals surface area contributed by atoms with Gasteiger partial charge in [0.2, 0.25) is 5.88 Å². The molecule has 0 atom stereocenters.